The molecule has 1 aromatic rings. The average Bonchev–Trinajstić information content (AvgIpc) is 2.72. The van der Waals surface area contributed by atoms with Gasteiger partial charge in [-0.1, -0.05) is 62.9 Å². The fourth-order valence-corrected chi connectivity index (χ4v) is 3.24. The van der Waals surface area contributed by atoms with Crippen molar-refractivity contribution in [2.24, 2.45) is 11.7 Å². The molecule has 0 aliphatic heterocycles. The molecule has 0 bridgehead atoms. The monoisotopic (exact) mass is 288 g/mol. The first-order chi connectivity index (χ1) is 10.2. The third-order valence-electron chi connectivity index (χ3n) is 4.50. The van der Waals surface area contributed by atoms with Crippen LogP contribution >= 0.6 is 0 Å². The van der Waals surface area contributed by atoms with Gasteiger partial charge in [-0.05, 0) is 24.8 Å². The number of benzene rings is 1. The van der Waals surface area contributed by atoms with Crippen molar-refractivity contribution in [2.75, 3.05) is 0 Å². The Labute approximate surface area is 128 Å². The maximum absolute atomic E-state index is 12.6. The Bertz CT molecular complexity index is 432. The van der Waals surface area contributed by atoms with Crippen LogP contribution < -0.4 is 11.1 Å². The van der Waals surface area contributed by atoms with E-state index in [9.17, 15) is 4.79 Å². The number of rotatable bonds is 5. The highest BCUT2D eigenvalue weighted by Gasteiger charge is 2.28. The molecule has 3 nitrogen and oxygen atoms in total. The van der Waals surface area contributed by atoms with Gasteiger partial charge in [-0.3, -0.25) is 4.79 Å². The van der Waals surface area contributed by atoms with Crippen molar-refractivity contribution in [1.29, 1.82) is 0 Å². The third kappa shape index (κ3) is 4.57. The van der Waals surface area contributed by atoms with E-state index < -0.39 is 0 Å². The first kappa shape index (κ1) is 16.0. The van der Waals surface area contributed by atoms with E-state index in [0.717, 1.165) is 38.5 Å². The van der Waals surface area contributed by atoms with Crippen LogP contribution in [0.4, 0.5) is 0 Å². The first-order valence-corrected chi connectivity index (χ1v) is 8.33. The number of carbonyl (C=O) groups is 1. The molecule has 0 aromatic heterocycles. The second kappa shape index (κ2) is 8.18. The molecule has 0 saturated heterocycles. The lowest BCUT2D eigenvalue weighted by atomic mass is 9.93. The summed E-state index contributed by atoms with van der Waals surface area (Å²) >= 11 is 0. The number of nitrogens with one attached hydrogen (secondary N) is 1. The second-order valence-corrected chi connectivity index (χ2v) is 6.17. The van der Waals surface area contributed by atoms with Crippen LogP contribution in [0.2, 0.25) is 0 Å². The van der Waals surface area contributed by atoms with Crippen molar-refractivity contribution in [1.82, 2.24) is 5.32 Å². The number of nitrogens with two attached hydrogens (primary N) is 1. The van der Waals surface area contributed by atoms with E-state index in [0.29, 0.717) is 0 Å². The largest absolute Gasteiger partial charge is 0.349 e. The van der Waals surface area contributed by atoms with Crippen molar-refractivity contribution in [3.63, 3.8) is 0 Å². The standard InChI is InChI=1S/C18H28N2O/c1-2-9-17(14-10-5-3-6-11-14)20-18(21)15-12-7-4-8-13-16(15)19/h3,5-6,10-11,15-17H,2,4,7-9,12-13,19H2,1H3,(H,20,21). The summed E-state index contributed by atoms with van der Waals surface area (Å²) in [5, 5.41) is 3.24. The maximum atomic E-state index is 12.6. The number of hydrogen-bond acceptors (Lipinski definition) is 2. The predicted molar refractivity (Wildman–Crippen MR) is 86.8 cm³/mol. The fraction of sp³-hybridized carbons (Fsp3) is 0.611. The van der Waals surface area contributed by atoms with Gasteiger partial charge >= 0.3 is 0 Å². The molecular weight excluding hydrogens is 260 g/mol. The maximum Gasteiger partial charge on any atom is 0.225 e. The van der Waals surface area contributed by atoms with Gasteiger partial charge in [-0.2, -0.15) is 0 Å². The zero-order chi connectivity index (χ0) is 15.1. The van der Waals surface area contributed by atoms with Crippen LogP contribution in [0.25, 0.3) is 0 Å². The van der Waals surface area contributed by atoms with Gasteiger partial charge in [0.15, 0.2) is 0 Å². The lowest BCUT2D eigenvalue weighted by molar-refractivity contribution is -0.126. The lowest BCUT2D eigenvalue weighted by Crippen LogP contribution is -2.42. The zero-order valence-electron chi connectivity index (χ0n) is 13.1. The Morgan fingerprint density at radius 1 is 1.24 bits per heavy atom. The molecule has 0 heterocycles. The highest BCUT2D eigenvalue weighted by atomic mass is 16.2. The van der Waals surface area contributed by atoms with E-state index in [2.05, 4.69) is 24.4 Å². The molecule has 1 aromatic carbocycles. The first-order valence-electron chi connectivity index (χ1n) is 8.33. The Hall–Kier alpha value is -1.35. The van der Waals surface area contributed by atoms with Crippen molar-refractivity contribution in [2.45, 2.75) is 64.0 Å². The Balaban J connectivity index is 2.03. The summed E-state index contributed by atoms with van der Waals surface area (Å²) in [6.07, 6.45) is 7.41. The SMILES string of the molecule is CCCC(NC(=O)C1CCCCCC1N)c1ccccc1. The van der Waals surface area contributed by atoms with Crippen LogP contribution in [0.5, 0.6) is 0 Å². The van der Waals surface area contributed by atoms with Gasteiger partial charge in [0.1, 0.15) is 0 Å². The van der Waals surface area contributed by atoms with Gasteiger partial charge < -0.3 is 11.1 Å². The van der Waals surface area contributed by atoms with Crippen molar-refractivity contribution in [3.05, 3.63) is 35.9 Å². The Morgan fingerprint density at radius 3 is 2.67 bits per heavy atom. The predicted octanol–water partition coefficient (Wildman–Crippen LogP) is 3.55. The molecule has 3 unspecified atom stereocenters. The fourth-order valence-electron chi connectivity index (χ4n) is 3.24. The smallest absolute Gasteiger partial charge is 0.225 e. The van der Waals surface area contributed by atoms with E-state index in [1.165, 1.54) is 12.0 Å². The van der Waals surface area contributed by atoms with E-state index in [-0.39, 0.29) is 23.9 Å². The van der Waals surface area contributed by atoms with Crippen molar-refractivity contribution in [3.8, 4) is 0 Å². The molecule has 3 N–H and O–H groups in total. The van der Waals surface area contributed by atoms with Crippen LogP contribution in [-0.4, -0.2) is 11.9 Å². The minimum atomic E-state index is -0.0180. The highest BCUT2D eigenvalue weighted by molar-refractivity contribution is 5.79. The molecule has 1 fully saturated rings. The van der Waals surface area contributed by atoms with Crippen LogP contribution in [0.3, 0.4) is 0 Å². The quantitative estimate of drug-likeness (QED) is 0.814. The van der Waals surface area contributed by atoms with Crippen LogP contribution in [0.15, 0.2) is 30.3 Å². The molecular formula is C18H28N2O. The molecule has 0 spiro atoms. The summed E-state index contributed by atoms with van der Waals surface area (Å²) < 4.78 is 0. The molecule has 1 aliphatic rings. The van der Waals surface area contributed by atoms with E-state index in [4.69, 9.17) is 5.73 Å². The second-order valence-electron chi connectivity index (χ2n) is 6.17. The van der Waals surface area contributed by atoms with E-state index >= 15 is 0 Å². The summed E-state index contributed by atoms with van der Waals surface area (Å²) in [5.74, 6) is 0.127. The third-order valence-corrected chi connectivity index (χ3v) is 4.50. The topological polar surface area (TPSA) is 55.1 Å². The summed E-state index contributed by atoms with van der Waals surface area (Å²) in [5.41, 5.74) is 7.40. The molecule has 1 saturated carbocycles. The average molecular weight is 288 g/mol. The molecule has 1 amide bonds. The molecule has 2 rings (SSSR count). The summed E-state index contributed by atoms with van der Waals surface area (Å²) in [6, 6.07) is 10.4. The van der Waals surface area contributed by atoms with Crippen LogP contribution in [0.1, 0.15) is 63.5 Å². The van der Waals surface area contributed by atoms with Gasteiger partial charge in [0.2, 0.25) is 5.91 Å². The van der Waals surface area contributed by atoms with Gasteiger partial charge in [0.05, 0.1) is 12.0 Å². The van der Waals surface area contributed by atoms with Gasteiger partial charge in [0, 0.05) is 6.04 Å². The van der Waals surface area contributed by atoms with E-state index in [1.807, 2.05) is 18.2 Å². The highest BCUT2D eigenvalue weighted by Crippen LogP contribution is 2.25. The normalized spacial score (nSPS) is 24.1. The number of amides is 1. The number of carbonyl (C=O) groups excluding carboxylic acids is 1. The summed E-state index contributed by atoms with van der Waals surface area (Å²) in [6.45, 7) is 2.15. The van der Waals surface area contributed by atoms with E-state index in [1.54, 1.807) is 0 Å². The molecule has 0 radical (unpaired) electrons. The summed E-state index contributed by atoms with van der Waals surface area (Å²) in [4.78, 5) is 12.6. The van der Waals surface area contributed by atoms with Gasteiger partial charge in [-0.15, -0.1) is 0 Å². The minimum absolute atomic E-state index is 0.0180. The lowest BCUT2D eigenvalue weighted by Gasteiger charge is -2.25. The molecule has 3 atom stereocenters. The van der Waals surface area contributed by atoms with Crippen LogP contribution in [-0.2, 0) is 4.79 Å². The molecule has 3 heteroatoms. The minimum Gasteiger partial charge on any atom is -0.349 e. The Morgan fingerprint density at radius 2 is 1.95 bits per heavy atom. The van der Waals surface area contributed by atoms with Crippen molar-refractivity contribution < 1.29 is 4.79 Å². The molecule has 21 heavy (non-hydrogen) atoms. The molecule has 116 valence electrons. The number of hydrogen-bond donors (Lipinski definition) is 2. The van der Waals surface area contributed by atoms with Crippen molar-refractivity contribution >= 4 is 5.91 Å². The summed E-state index contributed by atoms with van der Waals surface area (Å²) in [7, 11) is 0. The van der Waals surface area contributed by atoms with Crippen LogP contribution in [0, 0.1) is 5.92 Å². The molecule has 1 aliphatic carbocycles. The Kier molecular flexibility index (Phi) is 6.24. The zero-order valence-corrected chi connectivity index (χ0v) is 13.1. The van der Waals surface area contributed by atoms with Gasteiger partial charge in [-0.25, -0.2) is 0 Å². The van der Waals surface area contributed by atoms with Gasteiger partial charge in [0.25, 0.3) is 0 Å².